The van der Waals surface area contributed by atoms with Crippen molar-refractivity contribution in [3.8, 4) is 0 Å². The van der Waals surface area contributed by atoms with Crippen molar-refractivity contribution in [2.75, 3.05) is 0 Å². The van der Waals surface area contributed by atoms with E-state index in [9.17, 15) is 0 Å². The topological polar surface area (TPSA) is 0 Å². The third kappa shape index (κ3) is 11.2. The maximum absolute atomic E-state index is 2.96. The van der Waals surface area contributed by atoms with Crippen LogP contribution in [0.4, 0.5) is 0 Å². The van der Waals surface area contributed by atoms with Gasteiger partial charge in [-0.25, -0.2) is 0 Å². The molecule has 0 unspecified atom stereocenters. The third-order valence-electron chi connectivity index (χ3n) is 0.796. The van der Waals surface area contributed by atoms with Crippen molar-refractivity contribution in [1.29, 1.82) is 0 Å². The standard InChI is InChI=1S/C9H12.Y/c1-3-5-7-9-8-6-4-2;/h5-8H,3H2,1-2H3;/q-2;/b7-5+;. The van der Waals surface area contributed by atoms with E-state index < -0.39 is 0 Å². The minimum atomic E-state index is 0. The van der Waals surface area contributed by atoms with Crippen molar-refractivity contribution in [3.63, 3.8) is 0 Å². The fraction of sp³-hybridized carbons (Fsp3) is 0.333. The van der Waals surface area contributed by atoms with Crippen molar-refractivity contribution < 1.29 is 32.7 Å². The van der Waals surface area contributed by atoms with Crippen molar-refractivity contribution in [2.45, 2.75) is 20.3 Å². The SMILES string of the molecule is C[C-]=CC=[C-]/C=C/CC.[Y]. The van der Waals surface area contributed by atoms with E-state index >= 15 is 0 Å². The Labute approximate surface area is 89.0 Å². The maximum Gasteiger partial charge on any atom is 0 e. The number of rotatable bonds is 3. The monoisotopic (exact) mass is 209 g/mol. The molecule has 0 N–H and O–H groups in total. The Hall–Kier alpha value is 0.324. The summed E-state index contributed by atoms with van der Waals surface area (Å²) >= 11 is 0. The van der Waals surface area contributed by atoms with Crippen molar-refractivity contribution in [3.05, 3.63) is 36.5 Å². The van der Waals surface area contributed by atoms with E-state index in [1.807, 2.05) is 25.2 Å². The molecule has 1 heteroatoms. The average molecular weight is 209 g/mol. The molecule has 0 saturated carbocycles. The van der Waals surface area contributed by atoms with Crippen LogP contribution in [0.2, 0.25) is 0 Å². The molecule has 0 heterocycles. The molecule has 53 valence electrons. The summed E-state index contributed by atoms with van der Waals surface area (Å²) in [5.41, 5.74) is 0. The van der Waals surface area contributed by atoms with Crippen LogP contribution in [0, 0.1) is 12.2 Å². The molecule has 0 aromatic carbocycles. The van der Waals surface area contributed by atoms with Gasteiger partial charge in [0.15, 0.2) is 0 Å². The minimum absolute atomic E-state index is 0. The fourth-order valence-electron chi connectivity index (χ4n) is 0.373. The van der Waals surface area contributed by atoms with Gasteiger partial charge in [-0.3, -0.25) is 6.08 Å². The van der Waals surface area contributed by atoms with Crippen molar-refractivity contribution in [1.82, 2.24) is 0 Å². The first-order valence-electron chi connectivity index (χ1n) is 3.15. The van der Waals surface area contributed by atoms with Crippen LogP contribution in [0.15, 0.2) is 24.3 Å². The Kier molecular flexibility index (Phi) is 15.6. The van der Waals surface area contributed by atoms with E-state index in [1.54, 1.807) is 0 Å². The first kappa shape index (κ1) is 13.0. The fourth-order valence-corrected chi connectivity index (χ4v) is 0.373. The summed E-state index contributed by atoms with van der Waals surface area (Å²) in [7, 11) is 0. The van der Waals surface area contributed by atoms with Crippen molar-refractivity contribution >= 4 is 0 Å². The van der Waals surface area contributed by atoms with Gasteiger partial charge in [0, 0.05) is 32.7 Å². The smallest absolute Gasteiger partial charge is 0 e. The number of hydrogen-bond acceptors (Lipinski definition) is 0. The van der Waals surface area contributed by atoms with E-state index in [0.717, 1.165) is 6.42 Å². The van der Waals surface area contributed by atoms with Gasteiger partial charge in [-0.05, 0) is 0 Å². The second-order valence-electron chi connectivity index (χ2n) is 1.60. The van der Waals surface area contributed by atoms with E-state index in [1.165, 1.54) is 0 Å². The Morgan fingerprint density at radius 2 is 2.00 bits per heavy atom. The Morgan fingerprint density at radius 1 is 1.30 bits per heavy atom. The molecule has 0 bridgehead atoms. The predicted molar refractivity (Wildman–Crippen MR) is 40.7 cm³/mol. The van der Waals surface area contributed by atoms with Crippen molar-refractivity contribution in [2.24, 2.45) is 0 Å². The zero-order valence-corrected chi connectivity index (χ0v) is 9.43. The molecule has 0 spiro atoms. The Balaban J connectivity index is 0. The molecule has 0 saturated heterocycles. The summed E-state index contributed by atoms with van der Waals surface area (Å²) in [6, 6.07) is 0. The summed E-state index contributed by atoms with van der Waals surface area (Å²) in [6.45, 7) is 3.96. The van der Waals surface area contributed by atoms with Gasteiger partial charge in [0.2, 0.25) is 0 Å². The Morgan fingerprint density at radius 3 is 2.50 bits per heavy atom. The van der Waals surface area contributed by atoms with Crippen LogP contribution in [-0.2, 0) is 32.7 Å². The van der Waals surface area contributed by atoms with E-state index in [2.05, 4.69) is 25.2 Å². The van der Waals surface area contributed by atoms with Crippen LogP contribution in [-0.4, -0.2) is 0 Å². The molecule has 10 heavy (non-hydrogen) atoms. The summed E-state index contributed by atoms with van der Waals surface area (Å²) in [5, 5.41) is 0. The molecule has 0 atom stereocenters. The molecule has 0 rings (SSSR count). The molecule has 0 nitrogen and oxygen atoms in total. The van der Waals surface area contributed by atoms with Crippen LogP contribution in [0.25, 0.3) is 0 Å². The van der Waals surface area contributed by atoms with E-state index in [4.69, 9.17) is 0 Å². The molecule has 0 aliphatic heterocycles. The predicted octanol–water partition coefficient (Wildman–Crippen LogP) is 2.69. The average Bonchev–Trinajstić information content (AvgIpc) is 1.89. The minimum Gasteiger partial charge on any atom is -0.346 e. The van der Waals surface area contributed by atoms with Gasteiger partial charge in [-0.2, -0.15) is 12.2 Å². The van der Waals surface area contributed by atoms with Crippen LogP contribution >= 0.6 is 0 Å². The molecule has 1 radical (unpaired) electrons. The zero-order chi connectivity index (χ0) is 6.95. The molecule has 0 fully saturated rings. The van der Waals surface area contributed by atoms with Crippen LogP contribution in [0.5, 0.6) is 0 Å². The molecule has 0 aromatic rings. The number of allylic oxidation sites excluding steroid dienone is 6. The molecule has 0 aliphatic rings. The molecular formula is C9H12Y-2. The quantitative estimate of drug-likeness (QED) is 0.495. The van der Waals surface area contributed by atoms with Crippen LogP contribution in [0.3, 0.4) is 0 Å². The normalized spacial score (nSPS) is 11.4. The zero-order valence-electron chi connectivity index (χ0n) is 6.59. The second kappa shape index (κ2) is 12.0. The molecule has 0 amide bonds. The second-order valence-corrected chi connectivity index (χ2v) is 1.60. The van der Waals surface area contributed by atoms with Gasteiger partial charge >= 0.3 is 0 Å². The van der Waals surface area contributed by atoms with E-state index in [0.29, 0.717) is 0 Å². The summed E-state index contributed by atoms with van der Waals surface area (Å²) in [6.07, 6.45) is 14.5. The summed E-state index contributed by atoms with van der Waals surface area (Å²) in [5.74, 6) is 0. The van der Waals surface area contributed by atoms with E-state index in [-0.39, 0.29) is 32.7 Å². The van der Waals surface area contributed by atoms with Gasteiger partial charge in [0.05, 0.1) is 0 Å². The first-order valence-corrected chi connectivity index (χ1v) is 3.15. The summed E-state index contributed by atoms with van der Waals surface area (Å²) < 4.78 is 0. The molecule has 0 aromatic heterocycles. The van der Waals surface area contributed by atoms with Gasteiger partial charge in [0.1, 0.15) is 0 Å². The third-order valence-corrected chi connectivity index (χ3v) is 0.796. The Bertz CT molecular complexity index is 121. The van der Waals surface area contributed by atoms with Gasteiger partial charge in [0.25, 0.3) is 0 Å². The largest absolute Gasteiger partial charge is 0.346 e. The van der Waals surface area contributed by atoms with Crippen LogP contribution in [0.1, 0.15) is 20.3 Å². The first-order chi connectivity index (χ1) is 4.41. The maximum atomic E-state index is 2.96. The number of hydrogen-bond donors (Lipinski definition) is 0. The van der Waals surface area contributed by atoms with Crippen LogP contribution < -0.4 is 0 Å². The van der Waals surface area contributed by atoms with Gasteiger partial charge in [-0.15, -0.1) is 6.92 Å². The van der Waals surface area contributed by atoms with Gasteiger partial charge < -0.3 is 18.2 Å². The van der Waals surface area contributed by atoms with Gasteiger partial charge in [-0.1, -0.05) is 13.3 Å². The summed E-state index contributed by atoms with van der Waals surface area (Å²) in [4.78, 5) is 0. The molecular weight excluding hydrogens is 197 g/mol. The molecule has 0 aliphatic carbocycles.